The van der Waals surface area contributed by atoms with Crippen LogP contribution in [0.4, 0.5) is 0 Å². The first-order valence-electron chi connectivity index (χ1n) is 3.13. The van der Waals surface area contributed by atoms with Crippen LogP contribution in [0, 0.1) is 0 Å². The topological polar surface area (TPSA) is 50.1 Å². The summed E-state index contributed by atoms with van der Waals surface area (Å²) in [7, 11) is 0. The van der Waals surface area contributed by atoms with Gasteiger partial charge in [-0.05, 0) is 0 Å². The Bertz CT molecular complexity index is 102. The molecule has 0 spiro atoms. The maximum atomic E-state index is 5.24. The molecule has 60 valence electrons. The molecular weight excluding hydrogens is 205 g/mol. The van der Waals surface area contributed by atoms with E-state index >= 15 is 0 Å². The summed E-state index contributed by atoms with van der Waals surface area (Å²) in [5.74, 6) is 0. The van der Waals surface area contributed by atoms with Gasteiger partial charge in [0.2, 0.25) is 0 Å². The van der Waals surface area contributed by atoms with Crippen LogP contribution in [0.1, 0.15) is 0 Å². The smallest absolute Gasteiger partial charge is 0.412 e. The quantitative estimate of drug-likeness (QED) is 0.189. The number of hydrogen-bond donors (Lipinski definition) is 3. The van der Waals surface area contributed by atoms with E-state index < -0.39 is 0 Å². The van der Waals surface area contributed by atoms with E-state index in [4.69, 9.17) is 5.73 Å². The van der Waals surface area contributed by atoms with Gasteiger partial charge in [-0.1, -0.05) is 4.32 Å². The third-order valence-electron chi connectivity index (χ3n) is 0.892. The number of rotatable bonds is 5. The van der Waals surface area contributed by atoms with Crippen LogP contribution in [0.5, 0.6) is 0 Å². The first-order chi connectivity index (χ1) is 4.77. The van der Waals surface area contributed by atoms with Crippen LogP contribution in [0.2, 0.25) is 0 Å². The van der Waals surface area contributed by atoms with Gasteiger partial charge in [0.1, 0.15) is 0 Å². The number of nitrogens with two attached hydrogens (primary N) is 1. The zero-order valence-corrected chi connectivity index (χ0v) is 11.5. The number of thiocarbonyl (C=S) groups is 1. The van der Waals surface area contributed by atoms with E-state index in [-0.39, 0.29) is 51.4 Å². The van der Waals surface area contributed by atoms with Crippen molar-refractivity contribution in [1.82, 2.24) is 10.6 Å². The molecule has 0 unspecified atom stereocenters. The van der Waals surface area contributed by atoms with Gasteiger partial charge in [-0.2, -0.15) is 0 Å². The first-order valence-corrected chi connectivity index (χ1v) is 3.94. The molecule has 0 fully saturated rings. The minimum atomic E-state index is 0. The minimum Gasteiger partial charge on any atom is -0.412 e. The van der Waals surface area contributed by atoms with Crippen LogP contribution >= 0.6 is 12.2 Å². The third-order valence-corrected chi connectivity index (χ3v) is 1.18. The summed E-state index contributed by atoms with van der Waals surface area (Å²) < 4.78 is 0.426. The summed E-state index contributed by atoms with van der Waals surface area (Å²) >= 11 is 9.25. The molecule has 0 atom stereocenters. The van der Waals surface area contributed by atoms with Crippen molar-refractivity contribution in [3.8, 4) is 0 Å². The van der Waals surface area contributed by atoms with Crippen LogP contribution in [0.3, 0.4) is 0 Å². The molecule has 0 bridgehead atoms. The molecule has 0 aliphatic heterocycles. The molecule has 0 aliphatic rings. The van der Waals surface area contributed by atoms with Gasteiger partial charge >= 0.3 is 51.4 Å². The monoisotopic (exact) mass is 217 g/mol. The molecule has 3 nitrogen and oxygen atoms in total. The second-order valence-electron chi connectivity index (χ2n) is 1.75. The Hall–Kier alpha value is 1.67. The Morgan fingerprint density at radius 2 is 2.00 bits per heavy atom. The SMILES string of the molecule is NCCNCCNC(=S)[S-].[K+]. The van der Waals surface area contributed by atoms with E-state index in [1.807, 2.05) is 0 Å². The molecule has 0 heterocycles. The largest absolute Gasteiger partial charge is 1.00 e. The normalized spacial score (nSPS) is 8.45. The van der Waals surface area contributed by atoms with Crippen LogP contribution in [0.25, 0.3) is 0 Å². The van der Waals surface area contributed by atoms with Crippen LogP contribution in [-0.2, 0) is 12.6 Å². The van der Waals surface area contributed by atoms with Crippen molar-refractivity contribution in [2.75, 3.05) is 26.2 Å². The maximum Gasteiger partial charge on any atom is 1.00 e. The third kappa shape index (κ3) is 14.5. The van der Waals surface area contributed by atoms with Gasteiger partial charge in [0.15, 0.2) is 0 Å². The summed E-state index contributed by atoms with van der Waals surface area (Å²) in [6.07, 6.45) is 0. The minimum absolute atomic E-state index is 0. The van der Waals surface area contributed by atoms with Crippen LogP contribution in [-0.4, -0.2) is 30.5 Å². The van der Waals surface area contributed by atoms with Gasteiger partial charge < -0.3 is 41.2 Å². The average molecular weight is 217 g/mol. The van der Waals surface area contributed by atoms with Crippen molar-refractivity contribution in [1.29, 1.82) is 0 Å². The van der Waals surface area contributed by atoms with Gasteiger partial charge in [0.25, 0.3) is 0 Å². The Morgan fingerprint density at radius 3 is 2.45 bits per heavy atom. The van der Waals surface area contributed by atoms with Crippen molar-refractivity contribution >= 4 is 29.2 Å². The predicted octanol–water partition coefficient (Wildman–Crippen LogP) is -4.04. The Morgan fingerprint density at radius 1 is 1.36 bits per heavy atom. The molecule has 0 aromatic heterocycles. The molecule has 11 heavy (non-hydrogen) atoms. The van der Waals surface area contributed by atoms with E-state index in [1.165, 1.54) is 0 Å². The van der Waals surface area contributed by atoms with Crippen molar-refractivity contribution < 1.29 is 51.4 Å². The van der Waals surface area contributed by atoms with Crippen molar-refractivity contribution in [2.45, 2.75) is 0 Å². The molecule has 0 saturated carbocycles. The molecule has 0 radical (unpaired) electrons. The van der Waals surface area contributed by atoms with Gasteiger partial charge in [-0.25, -0.2) is 0 Å². The maximum absolute atomic E-state index is 5.24. The molecule has 0 rings (SSSR count). The molecular formula is C5H12KN3S2. The summed E-state index contributed by atoms with van der Waals surface area (Å²) in [6.45, 7) is 3.14. The fourth-order valence-corrected chi connectivity index (χ4v) is 0.684. The molecule has 4 N–H and O–H groups in total. The molecule has 6 heteroatoms. The van der Waals surface area contributed by atoms with Gasteiger partial charge in [-0.3, -0.25) is 0 Å². The van der Waals surface area contributed by atoms with Gasteiger partial charge in [-0.15, -0.1) is 0 Å². The molecule has 0 amide bonds. The van der Waals surface area contributed by atoms with Crippen molar-refractivity contribution in [3.63, 3.8) is 0 Å². The first kappa shape index (κ1) is 15.2. The van der Waals surface area contributed by atoms with Crippen LogP contribution < -0.4 is 67.8 Å². The summed E-state index contributed by atoms with van der Waals surface area (Å²) in [5, 5.41) is 5.94. The Labute approximate surface area is 121 Å². The molecule has 0 aliphatic carbocycles. The van der Waals surface area contributed by atoms with Crippen molar-refractivity contribution in [2.24, 2.45) is 5.73 Å². The van der Waals surface area contributed by atoms with E-state index in [2.05, 4.69) is 35.5 Å². The van der Waals surface area contributed by atoms with E-state index in [0.29, 0.717) is 10.9 Å². The van der Waals surface area contributed by atoms with E-state index in [1.54, 1.807) is 0 Å². The van der Waals surface area contributed by atoms with Gasteiger partial charge in [0, 0.05) is 26.2 Å². The summed E-state index contributed by atoms with van der Waals surface area (Å²) in [6, 6.07) is 0. The fourth-order valence-electron chi connectivity index (χ4n) is 0.480. The predicted molar refractivity (Wildman–Crippen MR) is 49.9 cm³/mol. The second-order valence-corrected chi connectivity index (χ2v) is 2.83. The second kappa shape index (κ2) is 11.7. The Balaban J connectivity index is 0. The van der Waals surface area contributed by atoms with Crippen LogP contribution in [0.15, 0.2) is 0 Å². The standard InChI is InChI=1S/C5H13N3S2.K/c6-1-2-7-3-4-8-5(9)10;/h7H,1-4,6H2,(H2,8,9,10);/q;+1/p-1. The molecule has 0 saturated heterocycles. The zero-order valence-electron chi connectivity index (χ0n) is 6.72. The number of nitrogens with one attached hydrogen (secondary N) is 2. The zero-order chi connectivity index (χ0) is 7.82. The molecule has 0 aromatic carbocycles. The summed E-state index contributed by atoms with van der Waals surface area (Å²) in [4.78, 5) is 0. The van der Waals surface area contributed by atoms with E-state index in [9.17, 15) is 0 Å². The van der Waals surface area contributed by atoms with E-state index in [0.717, 1.165) is 19.6 Å². The number of hydrogen-bond acceptors (Lipinski definition) is 4. The van der Waals surface area contributed by atoms with Crippen molar-refractivity contribution in [3.05, 3.63) is 0 Å². The molecule has 0 aromatic rings. The average Bonchev–Trinajstić information content (AvgIpc) is 1.87. The summed E-state index contributed by atoms with van der Waals surface area (Å²) in [5.41, 5.74) is 5.24. The van der Waals surface area contributed by atoms with Gasteiger partial charge in [0.05, 0.1) is 0 Å². The fraction of sp³-hybridized carbons (Fsp3) is 0.800. The Kier molecular flexibility index (Phi) is 16.1.